The van der Waals surface area contributed by atoms with Crippen LogP contribution in [0.2, 0.25) is 0 Å². The summed E-state index contributed by atoms with van der Waals surface area (Å²) in [4.78, 5) is 4.28. The van der Waals surface area contributed by atoms with Crippen LogP contribution < -0.4 is 4.74 Å². The fraction of sp³-hybridized carbons (Fsp3) is 0.118. The van der Waals surface area contributed by atoms with Gasteiger partial charge in [-0.05, 0) is 47.2 Å². The number of hydrogen-bond acceptors (Lipinski definition) is 2. The van der Waals surface area contributed by atoms with Gasteiger partial charge in [-0.15, -0.1) is 0 Å². The number of aromatic nitrogens is 1. The molecule has 20 heavy (non-hydrogen) atoms. The standard InChI is InChI=1S/C17H14BrNO/c18-15-6-4-14-12-17(7-5-13(14)11-15)20-10-8-16-3-1-2-9-19-16/h1-7,9,11-12H,8,10H2. The highest BCUT2D eigenvalue weighted by Gasteiger charge is 1.99. The summed E-state index contributed by atoms with van der Waals surface area (Å²) < 4.78 is 6.89. The van der Waals surface area contributed by atoms with Crippen LogP contribution in [-0.4, -0.2) is 11.6 Å². The predicted octanol–water partition coefficient (Wildman–Crippen LogP) is 4.62. The molecule has 2 nitrogen and oxygen atoms in total. The lowest BCUT2D eigenvalue weighted by molar-refractivity contribution is 0.321. The molecule has 0 spiro atoms. The molecule has 3 heteroatoms. The lowest BCUT2D eigenvalue weighted by Gasteiger charge is -2.07. The number of fused-ring (bicyclic) bond motifs is 1. The van der Waals surface area contributed by atoms with Crippen LogP contribution in [-0.2, 0) is 6.42 Å². The summed E-state index contributed by atoms with van der Waals surface area (Å²) in [5.41, 5.74) is 1.05. The summed E-state index contributed by atoms with van der Waals surface area (Å²) in [5, 5.41) is 2.39. The van der Waals surface area contributed by atoms with Crippen LogP contribution in [0.5, 0.6) is 5.75 Å². The quantitative estimate of drug-likeness (QED) is 0.697. The largest absolute Gasteiger partial charge is 0.493 e. The average Bonchev–Trinajstić information content (AvgIpc) is 2.48. The van der Waals surface area contributed by atoms with E-state index in [4.69, 9.17) is 4.74 Å². The monoisotopic (exact) mass is 327 g/mol. The smallest absolute Gasteiger partial charge is 0.119 e. The molecule has 0 aliphatic carbocycles. The maximum Gasteiger partial charge on any atom is 0.119 e. The normalized spacial score (nSPS) is 10.7. The molecule has 0 unspecified atom stereocenters. The Balaban J connectivity index is 1.67. The van der Waals surface area contributed by atoms with Gasteiger partial charge in [-0.1, -0.05) is 34.1 Å². The highest BCUT2D eigenvalue weighted by molar-refractivity contribution is 9.10. The van der Waals surface area contributed by atoms with Crippen molar-refractivity contribution in [3.63, 3.8) is 0 Å². The molecular formula is C17H14BrNO. The van der Waals surface area contributed by atoms with Crippen LogP contribution in [0.15, 0.2) is 65.3 Å². The van der Waals surface area contributed by atoms with E-state index >= 15 is 0 Å². The molecule has 1 heterocycles. The molecule has 0 fully saturated rings. The van der Waals surface area contributed by atoms with Crippen molar-refractivity contribution >= 4 is 26.7 Å². The summed E-state index contributed by atoms with van der Waals surface area (Å²) in [7, 11) is 0. The minimum atomic E-state index is 0.638. The zero-order chi connectivity index (χ0) is 13.8. The van der Waals surface area contributed by atoms with Crippen LogP contribution in [0.3, 0.4) is 0 Å². The van der Waals surface area contributed by atoms with Crippen molar-refractivity contribution in [3.05, 3.63) is 71.0 Å². The van der Waals surface area contributed by atoms with E-state index in [1.807, 2.05) is 36.5 Å². The van der Waals surface area contributed by atoms with Gasteiger partial charge in [0.15, 0.2) is 0 Å². The Kier molecular flexibility index (Phi) is 3.97. The summed E-state index contributed by atoms with van der Waals surface area (Å²) in [5.74, 6) is 0.899. The van der Waals surface area contributed by atoms with E-state index in [0.29, 0.717) is 6.61 Å². The second kappa shape index (κ2) is 6.06. The topological polar surface area (TPSA) is 22.1 Å². The van der Waals surface area contributed by atoms with E-state index in [-0.39, 0.29) is 0 Å². The molecule has 0 N–H and O–H groups in total. The van der Waals surface area contributed by atoms with E-state index in [9.17, 15) is 0 Å². The molecule has 0 amide bonds. The van der Waals surface area contributed by atoms with Crippen molar-refractivity contribution < 1.29 is 4.74 Å². The first-order valence-corrected chi connectivity index (χ1v) is 7.32. The van der Waals surface area contributed by atoms with Crippen molar-refractivity contribution in [2.75, 3.05) is 6.61 Å². The van der Waals surface area contributed by atoms with E-state index in [1.165, 1.54) is 10.8 Å². The Labute approximate surface area is 126 Å². The molecule has 0 aliphatic heterocycles. The van der Waals surface area contributed by atoms with Crippen molar-refractivity contribution in [1.82, 2.24) is 4.98 Å². The first-order chi connectivity index (χ1) is 9.81. The lowest BCUT2D eigenvalue weighted by atomic mass is 10.1. The third kappa shape index (κ3) is 3.17. The molecule has 1 aromatic heterocycles. The van der Waals surface area contributed by atoms with Crippen molar-refractivity contribution in [2.45, 2.75) is 6.42 Å². The second-order valence-electron chi connectivity index (χ2n) is 4.57. The number of rotatable bonds is 4. The first-order valence-electron chi connectivity index (χ1n) is 6.53. The van der Waals surface area contributed by atoms with Gasteiger partial charge in [-0.3, -0.25) is 4.98 Å². The second-order valence-corrected chi connectivity index (χ2v) is 5.49. The van der Waals surface area contributed by atoms with Gasteiger partial charge in [0.2, 0.25) is 0 Å². The number of benzene rings is 2. The third-order valence-corrected chi connectivity index (χ3v) is 3.62. The highest BCUT2D eigenvalue weighted by Crippen LogP contribution is 2.24. The van der Waals surface area contributed by atoms with E-state index in [0.717, 1.165) is 22.3 Å². The fourth-order valence-electron chi connectivity index (χ4n) is 2.10. The van der Waals surface area contributed by atoms with Gasteiger partial charge in [0.1, 0.15) is 5.75 Å². The van der Waals surface area contributed by atoms with Crippen LogP contribution in [0.25, 0.3) is 10.8 Å². The molecule has 0 saturated heterocycles. The van der Waals surface area contributed by atoms with Gasteiger partial charge in [0.25, 0.3) is 0 Å². The molecular weight excluding hydrogens is 314 g/mol. The summed E-state index contributed by atoms with van der Waals surface area (Å²) in [6.07, 6.45) is 2.63. The zero-order valence-corrected chi connectivity index (χ0v) is 12.5. The fourth-order valence-corrected chi connectivity index (χ4v) is 2.48. The summed E-state index contributed by atoms with van der Waals surface area (Å²) in [6, 6.07) is 18.3. The number of pyridine rings is 1. The van der Waals surface area contributed by atoms with Gasteiger partial charge in [-0.2, -0.15) is 0 Å². The Morgan fingerprint density at radius 2 is 1.80 bits per heavy atom. The van der Waals surface area contributed by atoms with Gasteiger partial charge < -0.3 is 4.74 Å². The molecule has 0 bridgehead atoms. The minimum absolute atomic E-state index is 0.638. The molecule has 0 saturated carbocycles. The van der Waals surface area contributed by atoms with Crippen LogP contribution in [0.4, 0.5) is 0 Å². The summed E-state index contributed by atoms with van der Waals surface area (Å²) >= 11 is 3.48. The number of hydrogen-bond donors (Lipinski definition) is 0. The molecule has 100 valence electrons. The van der Waals surface area contributed by atoms with Gasteiger partial charge in [0, 0.05) is 22.8 Å². The predicted molar refractivity (Wildman–Crippen MR) is 85.1 cm³/mol. The van der Waals surface area contributed by atoms with Gasteiger partial charge in [0.05, 0.1) is 6.61 Å². The van der Waals surface area contributed by atoms with E-state index < -0.39 is 0 Å². The molecule has 0 atom stereocenters. The van der Waals surface area contributed by atoms with Crippen molar-refractivity contribution in [3.8, 4) is 5.75 Å². The van der Waals surface area contributed by atoms with Crippen LogP contribution >= 0.6 is 15.9 Å². The zero-order valence-electron chi connectivity index (χ0n) is 10.9. The van der Waals surface area contributed by atoms with Crippen molar-refractivity contribution in [2.24, 2.45) is 0 Å². The van der Waals surface area contributed by atoms with E-state index in [2.05, 4.69) is 45.2 Å². The lowest BCUT2D eigenvalue weighted by Crippen LogP contribution is -2.02. The minimum Gasteiger partial charge on any atom is -0.493 e. The van der Waals surface area contributed by atoms with Crippen molar-refractivity contribution in [1.29, 1.82) is 0 Å². The third-order valence-electron chi connectivity index (χ3n) is 3.13. The molecule has 3 rings (SSSR count). The summed E-state index contributed by atoms with van der Waals surface area (Å²) in [6.45, 7) is 0.638. The van der Waals surface area contributed by atoms with Gasteiger partial charge >= 0.3 is 0 Å². The molecule has 0 radical (unpaired) electrons. The molecule has 3 aromatic rings. The highest BCUT2D eigenvalue weighted by atomic mass is 79.9. The Bertz CT molecular complexity index is 713. The maximum absolute atomic E-state index is 5.80. The number of halogens is 1. The Hall–Kier alpha value is -1.87. The number of nitrogens with zero attached hydrogens (tertiary/aromatic N) is 1. The molecule has 0 aliphatic rings. The van der Waals surface area contributed by atoms with E-state index in [1.54, 1.807) is 0 Å². The Morgan fingerprint density at radius 3 is 2.65 bits per heavy atom. The number of ether oxygens (including phenoxy) is 1. The Morgan fingerprint density at radius 1 is 0.950 bits per heavy atom. The maximum atomic E-state index is 5.80. The molecule has 2 aromatic carbocycles. The van der Waals surface area contributed by atoms with Crippen LogP contribution in [0.1, 0.15) is 5.69 Å². The first kappa shape index (κ1) is 13.1. The average molecular weight is 328 g/mol. The van der Waals surface area contributed by atoms with Crippen LogP contribution in [0, 0.1) is 0 Å². The SMILES string of the molecule is Brc1ccc2cc(OCCc3ccccn3)ccc2c1. The van der Waals surface area contributed by atoms with Gasteiger partial charge in [-0.25, -0.2) is 0 Å².